The Morgan fingerprint density at radius 2 is 1.75 bits per heavy atom. The highest BCUT2D eigenvalue weighted by Crippen LogP contribution is 2.30. The fourth-order valence-corrected chi connectivity index (χ4v) is 2.82. The Bertz CT molecular complexity index is 193. The third kappa shape index (κ3) is 3.74. The molecule has 2 nitrogen and oxygen atoms in total. The van der Waals surface area contributed by atoms with E-state index in [-0.39, 0.29) is 6.61 Å². The van der Waals surface area contributed by atoms with E-state index in [1.54, 1.807) is 0 Å². The van der Waals surface area contributed by atoms with Gasteiger partial charge in [-0.3, -0.25) is 0 Å². The number of hydrogen-bond donors (Lipinski definition) is 2. The Morgan fingerprint density at radius 3 is 2.31 bits per heavy atom. The Morgan fingerprint density at radius 1 is 1.12 bits per heavy atom. The molecule has 0 aromatic carbocycles. The summed E-state index contributed by atoms with van der Waals surface area (Å²) in [4.78, 5) is 0. The Labute approximate surface area is 101 Å². The van der Waals surface area contributed by atoms with Gasteiger partial charge in [-0.25, -0.2) is 0 Å². The first-order valence-corrected chi connectivity index (χ1v) is 6.93. The van der Waals surface area contributed by atoms with Crippen molar-refractivity contribution in [1.29, 1.82) is 0 Å². The molecule has 0 heterocycles. The first kappa shape index (κ1) is 14.0. The Kier molecular flexibility index (Phi) is 5.77. The lowest BCUT2D eigenvalue weighted by Crippen LogP contribution is -2.47. The summed E-state index contributed by atoms with van der Waals surface area (Å²) in [6, 6.07) is 1.09. The molecule has 0 amide bonds. The van der Waals surface area contributed by atoms with Crippen LogP contribution in [-0.4, -0.2) is 23.8 Å². The summed E-state index contributed by atoms with van der Waals surface area (Å²) in [6.07, 6.45) is 5.44. The molecule has 4 unspecified atom stereocenters. The van der Waals surface area contributed by atoms with E-state index in [4.69, 9.17) is 5.11 Å². The summed E-state index contributed by atoms with van der Waals surface area (Å²) in [5.74, 6) is 1.95. The van der Waals surface area contributed by atoms with E-state index in [1.165, 1.54) is 25.7 Å². The van der Waals surface area contributed by atoms with Gasteiger partial charge in [0, 0.05) is 18.7 Å². The topological polar surface area (TPSA) is 32.3 Å². The predicted molar refractivity (Wildman–Crippen MR) is 69.4 cm³/mol. The SMILES string of the molecule is CC(C)C1CCCCC1NC(C)C(C)CO. The highest BCUT2D eigenvalue weighted by atomic mass is 16.3. The maximum Gasteiger partial charge on any atom is 0.0471 e. The van der Waals surface area contributed by atoms with E-state index in [0.29, 0.717) is 18.0 Å². The van der Waals surface area contributed by atoms with Crippen LogP contribution in [0.5, 0.6) is 0 Å². The molecule has 0 bridgehead atoms. The molecule has 0 spiro atoms. The van der Waals surface area contributed by atoms with Crippen LogP contribution in [0.1, 0.15) is 53.4 Å². The van der Waals surface area contributed by atoms with Crippen LogP contribution in [-0.2, 0) is 0 Å². The molecule has 2 N–H and O–H groups in total. The Balaban J connectivity index is 2.49. The van der Waals surface area contributed by atoms with E-state index in [0.717, 1.165) is 11.8 Å². The quantitative estimate of drug-likeness (QED) is 0.757. The number of hydrogen-bond acceptors (Lipinski definition) is 2. The second kappa shape index (κ2) is 6.61. The van der Waals surface area contributed by atoms with Crippen LogP contribution < -0.4 is 5.32 Å². The average molecular weight is 227 g/mol. The first-order chi connectivity index (χ1) is 7.56. The van der Waals surface area contributed by atoms with E-state index in [1.807, 2.05) is 0 Å². The summed E-state index contributed by atoms with van der Waals surface area (Å²) < 4.78 is 0. The second-order valence-electron chi connectivity index (χ2n) is 5.91. The highest BCUT2D eigenvalue weighted by molar-refractivity contribution is 4.85. The molecular formula is C14H29NO. The van der Waals surface area contributed by atoms with Crippen LogP contribution in [0.4, 0.5) is 0 Å². The van der Waals surface area contributed by atoms with Crippen molar-refractivity contribution in [3.05, 3.63) is 0 Å². The van der Waals surface area contributed by atoms with Gasteiger partial charge in [0.05, 0.1) is 0 Å². The molecule has 0 aromatic rings. The number of nitrogens with one attached hydrogen (secondary N) is 1. The third-order valence-electron chi connectivity index (χ3n) is 4.29. The summed E-state index contributed by atoms with van der Waals surface area (Å²) in [7, 11) is 0. The maximum absolute atomic E-state index is 9.17. The van der Waals surface area contributed by atoms with Crippen LogP contribution in [0.15, 0.2) is 0 Å². The predicted octanol–water partition coefficient (Wildman–Crippen LogP) is 2.81. The summed E-state index contributed by atoms with van der Waals surface area (Å²) in [5.41, 5.74) is 0. The molecule has 16 heavy (non-hydrogen) atoms. The highest BCUT2D eigenvalue weighted by Gasteiger charge is 2.28. The fraction of sp³-hybridized carbons (Fsp3) is 1.00. The van der Waals surface area contributed by atoms with Crippen LogP contribution in [0.3, 0.4) is 0 Å². The lowest BCUT2D eigenvalue weighted by Gasteiger charge is -2.38. The number of rotatable bonds is 5. The van der Waals surface area contributed by atoms with Gasteiger partial charge in [-0.1, -0.05) is 33.6 Å². The molecule has 1 aliphatic carbocycles. The van der Waals surface area contributed by atoms with Gasteiger partial charge in [0.25, 0.3) is 0 Å². The second-order valence-corrected chi connectivity index (χ2v) is 5.91. The molecule has 1 saturated carbocycles. The van der Waals surface area contributed by atoms with Gasteiger partial charge in [0.15, 0.2) is 0 Å². The summed E-state index contributed by atoms with van der Waals surface area (Å²) in [5, 5.41) is 12.9. The first-order valence-electron chi connectivity index (χ1n) is 6.93. The van der Waals surface area contributed by atoms with Crippen LogP contribution in [0.2, 0.25) is 0 Å². The van der Waals surface area contributed by atoms with Crippen molar-refractivity contribution in [3.63, 3.8) is 0 Å². The zero-order valence-corrected chi connectivity index (χ0v) is 11.4. The third-order valence-corrected chi connectivity index (χ3v) is 4.29. The number of aliphatic hydroxyl groups excluding tert-OH is 1. The van der Waals surface area contributed by atoms with E-state index in [9.17, 15) is 0 Å². The van der Waals surface area contributed by atoms with Gasteiger partial charge in [-0.05, 0) is 37.5 Å². The largest absolute Gasteiger partial charge is 0.396 e. The van der Waals surface area contributed by atoms with Crippen molar-refractivity contribution in [2.45, 2.75) is 65.5 Å². The van der Waals surface area contributed by atoms with E-state index >= 15 is 0 Å². The number of aliphatic hydroxyl groups is 1. The van der Waals surface area contributed by atoms with E-state index in [2.05, 4.69) is 33.0 Å². The van der Waals surface area contributed by atoms with Crippen molar-refractivity contribution in [3.8, 4) is 0 Å². The zero-order chi connectivity index (χ0) is 12.1. The van der Waals surface area contributed by atoms with Gasteiger partial charge in [0.2, 0.25) is 0 Å². The molecule has 0 aromatic heterocycles. The molecule has 1 aliphatic rings. The van der Waals surface area contributed by atoms with Crippen molar-refractivity contribution >= 4 is 0 Å². The van der Waals surface area contributed by atoms with Crippen molar-refractivity contribution in [1.82, 2.24) is 5.32 Å². The summed E-state index contributed by atoms with van der Waals surface area (Å²) >= 11 is 0. The van der Waals surface area contributed by atoms with Gasteiger partial charge in [-0.15, -0.1) is 0 Å². The zero-order valence-electron chi connectivity index (χ0n) is 11.4. The molecule has 0 saturated heterocycles. The minimum absolute atomic E-state index is 0.285. The van der Waals surface area contributed by atoms with Crippen LogP contribution in [0, 0.1) is 17.8 Å². The van der Waals surface area contributed by atoms with Crippen molar-refractivity contribution in [2.24, 2.45) is 17.8 Å². The minimum Gasteiger partial charge on any atom is -0.396 e. The lowest BCUT2D eigenvalue weighted by atomic mass is 9.77. The van der Waals surface area contributed by atoms with Gasteiger partial charge >= 0.3 is 0 Å². The molecule has 4 atom stereocenters. The van der Waals surface area contributed by atoms with E-state index < -0.39 is 0 Å². The lowest BCUT2D eigenvalue weighted by molar-refractivity contribution is 0.156. The standard InChI is InChI=1S/C14H29NO/c1-10(2)13-7-5-6-8-14(13)15-12(4)11(3)9-16/h10-16H,5-9H2,1-4H3. The molecule has 2 heteroatoms. The molecule has 0 aliphatic heterocycles. The molecular weight excluding hydrogens is 198 g/mol. The van der Waals surface area contributed by atoms with Gasteiger partial charge in [0.1, 0.15) is 0 Å². The van der Waals surface area contributed by atoms with Gasteiger partial charge in [-0.2, -0.15) is 0 Å². The van der Waals surface area contributed by atoms with Crippen molar-refractivity contribution in [2.75, 3.05) is 6.61 Å². The van der Waals surface area contributed by atoms with Crippen LogP contribution >= 0.6 is 0 Å². The van der Waals surface area contributed by atoms with Crippen LogP contribution in [0.25, 0.3) is 0 Å². The smallest absolute Gasteiger partial charge is 0.0471 e. The normalized spacial score (nSPS) is 30.4. The van der Waals surface area contributed by atoms with Gasteiger partial charge < -0.3 is 10.4 Å². The molecule has 96 valence electrons. The maximum atomic E-state index is 9.17. The Hall–Kier alpha value is -0.0800. The molecule has 0 radical (unpaired) electrons. The summed E-state index contributed by atoms with van der Waals surface area (Å²) in [6.45, 7) is 9.28. The monoisotopic (exact) mass is 227 g/mol. The molecule has 1 rings (SSSR count). The van der Waals surface area contributed by atoms with Crippen molar-refractivity contribution < 1.29 is 5.11 Å². The fourth-order valence-electron chi connectivity index (χ4n) is 2.82. The molecule has 1 fully saturated rings. The minimum atomic E-state index is 0.285. The average Bonchev–Trinajstić information content (AvgIpc) is 2.28.